The number of benzene rings is 2. The van der Waals surface area contributed by atoms with Crippen LogP contribution in [0, 0.1) is 0 Å². The van der Waals surface area contributed by atoms with E-state index in [9.17, 15) is 14.7 Å². The number of carbonyl (C=O) groups is 2. The Morgan fingerprint density at radius 2 is 1.93 bits per heavy atom. The molecular weight excluding hydrogens is 440 g/mol. The molecule has 2 N–H and O–H groups in total. The number of hydrogen-bond donors (Lipinski definition) is 2. The van der Waals surface area contributed by atoms with E-state index in [1.54, 1.807) is 17.0 Å². The van der Waals surface area contributed by atoms with E-state index < -0.39 is 5.60 Å². The summed E-state index contributed by atoms with van der Waals surface area (Å²) in [6.45, 7) is 6.02. The molecule has 0 bridgehead atoms. The van der Waals surface area contributed by atoms with E-state index in [0.29, 0.717) is 28.7 Å². The van der Waals surface area contributed by atoms with Crippen molar-refractivity contribution in [3.8, 4) is 11.5 Å². The fourth-order valence-electron chi connectivity index (χ4n) is 3.05. The fraction of sp³-hybridized carbons (Fsp3) is 0.333. The number of carbonyl (C=O) groups excluding carboxylic acids is 2. The van der Waals surface area contributed by atoms with E-state index in [1.807, 2.05) is 26.8 Å². The zero-order valence-corrected chi connectivity index (χ0v) is 18.3. The molecule has 1 aliphatic heterocycles. The molecule has 8 heteroatoms. The number of aromatic hydroxyl groups is 1. The van der Waals surface area contributed by atoms with Crippen molar-refractivity contribution < 1.29 is 24.2 Å². The highest BCUT2D eigenvalue weighted by molar-refractivity contribution is 9.10. The average Bonchev–Trinajstić information content (AvgIpc) is 3.05. The topological polar surface area (TPSA) is 88.1 Å². The number of fused-ring (bicyclic) bond motifs is 1. The summed E-state index contributed by atoms with van der Waals surface area (Å²) < 4.78 is 10.9. The van der Waals surface area contributed by atoms with Crippen LogP contribution >= 0.6 is 15.9 Å². The maximum absolute atomic E-state index is 12.6. The molecule has 2 aromatic rings. The number of rotatable bonds is 3. The molecule has 1 aliphatic rings. The van der Waals surface area contributed by atoms with E-state index >= 15 is 0 Å². The van der Waals surface area contributed by atoms with Gasteiger partial charge in [-0.2, -0.15) is 0 Å². The summed E-state index contributed by atoms with van der Waals surface area (Å²) in [4.78, 5) is 26.6. The lowest BCUT2D eigenvalue weighted by atomic mass is 10.1. The van der Waals surface area contributed by atoms with E-state index in [0.717, 1.165) is 11.3 Å². The van der Waals surface area contributed by atoms with E-state index in [-0.39, 0.29) is 23.5 Å². The van der Waals surface area contributed by atoms with Crippen LogP contribution in [0.25, 0.3) is 0 Å². The minimum atomic E-state index is -0.562. The van der Waals surface area contributed by atoms with Gasteiger partial charge < -0.3 is 19.9 Å². The van der Waals surface area contributed by atoms with Gasteiger partial charge in [-0.3, -0.25) is 9.69 Å². The van der Waals surface area contributed by atoms with Crippen LogP contribution in [-0.2, 0) is 11.2 Å². The minimum Gasteiger partial charge on any atom is -0.503 e. The van der Waals surface area contributed by atoms with Crippen LogP contribution in [0.5, 0.6) is 11.5 Å². The van der Waals surface area contributed by atoms with Crippen molar-refractivity contribution in [1.82, 2.24) is 0 Å². The normalized spacial score (nSPS) is 13.1. The van der Waals surface area contributed by atoms with Crippen LogP contribution in [0.4, 0.5) is 16.2 Å². The number of ether oxygens (including phenoxy) is 2. The van der Waals surface area contributed by atoms with Gasteiger partial charge >= 0.3 is 6.09 Å². The summed E-state index contributed by atoms with van der Waals surface area (Å²) in [5, 5.41) is 12.7. The van der Waals surface area contributed by atoms with Gasteiger partial charge in [-0.05, 0) is 79.0 Å². The Morgan fingerprint density at radius 1 is 1.21 bits per heavy atom. The van der Waals surface area contributed by atoms with E-state index in [1.165, 1.54) is 19.2 Å². The smallest absolute Gasteiger partial charge is 0.414 e. The van der Waals surface area contributed by atoms with Crippen molar-refractivity contribution in [2.75, 3.05) is 23.9 Å². The molecular formula is C21H23BrN2O5. The molecule has 0 saturated heterocycles. The highest BCUT2D eigenvalue weighted by atomic mass is 79.9. The number of phenols is 1. The zero-order chi connectivity index (χ0) is 21.3. The van der Waals surface area contributed by atoms with E-state index in [2.05, 4.69) is 21.2 Å². The standard InChI is InChI=1S/C21H23BrN2O5/c1-21(2,3)29-20(27)24-8-7-12-9-14(5-6-16(12)24)23-19(26)13-10-15(22)18(25)17(11-13)28-4/h5-6,9-11,25H,7-8H2,1-4H3,(H,23,26). The first-order chi connectivity index (χ1) is 13.6. The van der Waals surface area contributed by atoms with Crippen LogP contribution < -0.4 is 15.0 Å². The molecule has 7 nitrogen and oxygen atoms in total. The van der Waals surface area contributed by atoms with Crippen molar-refractivity contribution in [2.45, 2.75) is 32.8 Å². The number of methoxy groups -OCH3 is 1. The molecule has 154 valence electrons. The van der Waals surface area contributed by atoms with Gasteiger partial charge in [0, 0.05) is 17.8 Å². The number of nitrogens with one attached hydrogen (secondary N) is 1. The third-order valence-corrected chi connectivity index (χ3v) is 4.96. The lowest BCUT2D eigenvalue weighted by Gasteiger charge is -2.24. The Kier molecular flexibility index (Phi) is 5.75. The van der Waals surface area contributed by atoms with Crippen molar-refractivity contribution in [3.63, 3.8) is 0 Å². The Bertz CT molecular complexity index is 968. The maximum atomic E-state index is 12.6. The molecule has 29 heavy (non-hydrogen) atoms. The number of nitrogens with zero attached hydrogens (tertiary/aromatic N) is 1. The Hall–Kier alpha value is -2.74. The SMILES string of the molecule is COc1cc(C(=O)Nc2ccc3c(c2)CCN3C(=O)OC(C)(C)C)cc(Br)c1O. The number of halogens is 1. The van der Waals surface area contributed by atoms with Gasteiger partial charge in [0.2, 0.25) is 0 Å². The van der Waals surface area contributed by atoms with Gasteiger partial charge in [0.05, 0.1) is 17.3 Å². The minimum absolute atomic E-state index is 0.0659. The maximum Gasteiger partial charge on any atom is 0.414 e. The molecule has 2 amide bonds. The molecule has 0 aliphatic carbocycles. The van der Waals surface area contributed by atoms with Crippen LogP contribution in [0.3, 0.4) is 0 Å². The lowest BCUT2D eigenvalue weighted by molar-refractivity contribution is 0.0583. The molecule has 0 saturated carbocycles. The first kappa shape index (κ1) is 21.0. The van der Waals surface area contributed by atoms with Gasteiger partial charge in [-0.15, -0.1) is 0 Å². The van der Waals surface area contributed by atoms with Crippen LogP contribution in [0.1, 0.15) is 36.7 Å². The predicted molar refractivity (Wildman–Crippen MR) is 114 cm³/mol. The van der Waals surface area contributed by atoms with Gasteiger partial charge in [-0.1, -0.05) is 0 Å². The zero-order valence-electron chi connectivity index (χ0n) is 16.7. The van der Waals surface area contributed by atoms with Gasteiger partial charge in [0.25, 0.3) is 5.91 Å². The first-order valence-corrected chi connectivity index (χ1v) is 9.89. The third-order valence-electron chi connectivity index (χ3n) is 4.36. The van der Waals surface area contributed by atoms with Crippen molar-refractivity contribution in [2.24, 2.45) is 0 Å². The molecule has 0 aromatic heterocycles. The Balaban J connectivity index is 1.77. The Morgan fingerprint density at radius 3 is 2.59 bits per heavy atom. The number of amides is 2. The highest BCUT2D eigenvalue weighted by Crippen LogP contribution is 2.36. The summed E-state index contributed by atoms with van der Waals surface area (Å²) in [7, 11) is 1.42. The molecule has 1 heterocycles. The van der Waals surface area contributed by atoms with E-state index in [4.69, 9.17) is 9.47 Å². The largest absolute Gasteiger partial charge is 0.503 e. The highest BCUT2D eigenvalue weighted by Gasteiger charge is 2.29. The summed E-state index contributed by atoms with van der Waals surface area (Å²) in [5.41, 5.74) is 2.13. The average molecular weight is 463 g/mol. The second-order valence-corrected chi connectivity index (χ2v) is 8.54. The monoisotopic (exact) mass is 462 g/mol. The molecule has 0 radical (unpaired) electrons. The lowest BCUT2D eigenvalue weighted by Crippen LogP contribution is -2.35. The molecule has 0 atom stereocenters. The van der Waals surface area contributed by atoms with Crippen LogP contribution in [0.15, 0.2) is 34.8 Å². The second kappa shape index (κ2) is 7.94. The van der Waals surface area contributed by atoms with Crippen LogP contribution in [-0.4, -0.2) is 36.4 Å². The van der Waals surface area contributed by atoms with Gasteiger partial charge in [0.15, 0.2) is 11.5 Å². The number of phenolic OH excluding ortho intramolecular Hbond substituents is 1. The second-order valence-electron chi connectivity index (χ2n) is 7.69. The fourth-order valence-corrected chi connectivity index (χ4v) is 3.49. The van der Waals surface area contributed by atoms with Crippen LogP contribution in [0.2, 0.25) is 0 Å². The first-order valence-electron chi connectivity index (χ1n) is 9.10. The van der Waals surface area contributed by atoms with Crippen molar-refractivity contribution in [1.29, 1.82) is 0 Å². The number of hydrogen-bond acceptors (Lipinski definition) is 5. The van der Waals surface area contributed by atoms with Gasteiger partial charge in [-0.25, -0.2) is 4.79 Å². The summed E-state index contributed by atoms with van der Waals surface area (Å²) in [6.07, 6.45) is 0.297. The quantitative estimate of drug-likeness (QED) is 0.688. The summed E-state index contributed by atoms with van der Waals surface area (Å²) >= 11 is 3.21. The number of anilines is 2. The van der Waals surface area contributed by atoms with Crippen molar-refractivity contribution >= 4 is 39.3 Å². The molecule has 3 rings (SSSR count). The summed E-state index contributed by atoms with van der Waals surface area (Å²) in [5.74, 6) is -0.207. The Labute approximate surface area is 177 Å². The van der Waals surface area contributed by atoms with Gasteiger partial charge in [0.1, 0.15) is 5.60 Å². The molecule has 0 unspecified atom stereocenters. The molecule has 0 spiro atoms. The predicted octanol–water partition coefficient (Wildman–Crippen LogP) is 4.71. The summed E-state index contributed by atoms with van der Waals surface area (Å²) in [6, 6.07) is 8.38. The molecule has 0 fully saturated rings. The third kappa shape index (κ3) is 4.64. The molecule has 2 aromatic carbocycles. The van der Waals surface area contributed by atoms with Crippen molar-refractivity contribution in [3.05, 3.63) is 45.9 Å².